The van der Waals surface area contributed by atoms with Crippen LogP contribution >= 0.6 is 0 Å². The van der Waals surface area contributed by atoms with E-state index in [0.717, 1.165) is 19.3 Å². The van der Waals surface area contributed by atoms with E-state index < -0.39 is 23.8 Å². The van der Waals surface area contributed by atoms with Gasteiger partial charge in [0.1, 0.15) is 0 Å². The van der Waals surface area contributed by atoms with Gasteiger partial charge in [-0.1, -0.05) is 58.3 Å². The number of nitrogens with zero attached hydrogens (tertiary/aromatic N) is 1. The summed E-state index contributed by atoms with van der Waals surface area (Å²) in [6, 6.07) is 0. The molecule has 0 rings (SSSR count). The van der Waals surface area contributed by atoms with E-state index in [1.807, 2.05) is 0 Å². The van der Waals surface area contributed by atoms with Gasteiger partial charge in [-0.3, -0.25) is 9.35 Å². The highest BCUT2D eigenvalue weighted by atomic mass is 33.2. The lowest BCUT2D eigenvalue weighted by Gasteiger charge is -2.16. The number of carbonyl (C=O) groups is 1. The highest BCUT2D eigenvalue weighted by molar-refractivity contribution is 8.64. The molecule has 0 aliphatic carbocycles. The molecular formula is C15H31NO6S2. The molecule has 0 atom stereocenters. The first kappa shape index (κ1) is 23.3. The predicted molar refractivity (Wildman–Crippen MR) is 94.8 cm³/mol. The first-order valence-electron chi connectivity index (χ1n) is 8.56. The third-order valence-corrected chi connectivity index (χ3v) is 7.67. The van der Waals surface area contributed by atoms with Crippen molar-refractivity contribution >= 4 is 23.9 Å². The Hall–Kier alpha value is -0.670. The van der Waals surface area contributed by atoms with Crippen LogP contribution in [0.1, 0.15) is 71.1 Å². The number of hydrogen-bond donors (Lipinski definition) is 1. The fourth-order valence-corrected chi connectivity index (χ4v) is 3.82. The summed E-state index contributed by atoms with van der Waals surface area (Å²) in [7, 11) is -8.33. The second-order valence-electron chi connectivity index (χ2n) is 6.08. The van der Waals surface area contributed by atoms with E-state index in [4.69, 9.17) is 4.55 Å². The van der Waals surface area contributed by atoms with Crippen molar-refractivity contribution in [1.82, 2.24) is 4.90 Å². The fourth-order valence-electron chi connectivity index (χ4n) is 2.26. The lowest BCUT2D eigenvalue weighted by atomic mass is 10.1. The maximum Gasteiger partial charge on any atom is 0.372 e. The standard InChI is InChI=1S/C15H31NO6S2/c1-3-4-5-6-7-8-9-10-11-12-15(17)16(2)13-14-23(18,19)24(20,21)22/h3-14H2,1-2H3,(H,20,21,22). The molecular weight excluding hydrogens is 354 g/mol. The van der Waals surface area contributed by atoms with Crippen molar-refractivity contribution < 1.29 is 26.2 Å². The summed E-state index contributed by atoms with van der Waals surface area (Å²) in [5.74, 6) is -1.02. The first-order valence-corrected chi connectivity index (χ1v) is 12.2. The van der Waals surface area contributed by atoms with Gasteiger partial charge in [0.15, 0.2) is 0 Å². The van der Waals surface area contributed by atoms with Crippen LogP contribution in [0, 0.1) is 0 Å². The van der Waals surface area contributed by atoms with Crippen molar-refractivity contribution in [3.05, 3.63) is 0 Å². The Bertz CT molecular complexity index is 557. The third-order valence-electron chi connectivity index (χ3n) is 3.92. The summed E-state index contributed by atoms with van der Waals surface area (Å²) in [6.07, 6.45) is 10.6. The van der Waals surface area contributed by atoms with E-state index in [2.05, 4.69) is 6.92 Å². The van der Waals surface area contributed by atoms with E-state index in [1.54, 1.807) is 0 Å². The van der Waals surface area contributed by atoms with Crippen molar-refractivity contribution in [2.75, 3.05) is 19.3 Å². The molecule has 9 heteroatoms. The minimum absolute atomic E-state index is 0.219. The maximum absolute atomic E-state index is 11.8. The molecule has 0 aromatic rings. The molecule has 1 amide bonds. The van der Waals surface area contributed by atoms with Crippen LogP contribution < -0.4 is 0 Å². The van der Waals surface area contributed by atoms with E-state index >= 15 is 0 Å². The Morgan fingerprint density at radius 3 is 1.79 bits per heavy atom. The fraction of sp³-hybridized carbons (Fsp3) is 0.933. The molecule has 0 radical (unpaired) electrons. The minimum atomic E-state index is -5.13. The van der Waals surface area contributed by atoms with Crippen LogP contribution in [0.4, 0.5) is 0 Å². The zero-order valence-electron chi connectivity index (χ0n) is 14.7. The molecule has 0 bridgehead atoms. The van der Waals surface area contributed by atoms with E-state index in [1.165, 1.54) is 50.5 Å². The monoisotopic (exact) mass is 385 g/mol. The molecule has 0 saturated carbocycles. The van der Waals surface area contributed by atoms with Crippen molar-refractivity contribution in [1.29, 1.82) is 0 Å². The summed E-state index contributed by atoms with van der Waals surface area (Å²) in [5, 5.41) is 0. The molecule has 7 nitrogen and oxygen atoms in total. The molecule has 0 fully saturated rings. The van der Waals surface area contributed by atoms with Crippen molar-refractivity contribution in [3.8, 4) is 0 Å². The Kier molecular flexibility index (Phi) is 11.5. The zero-order valence-corrected chi connectivity index (χ0v) is 16.4. The smallest absolute Gasteiger partial charge is 0.345 e. The lowest BCUT2D eigenvalue weighted by Crippen LogP contribution is -2.33. The van der Waals surface area contributed by atoms with Crippen LogP contribution in [0.25, 0.3) is 0 Å². The topological polar surface area (TPSA) is 109 Å². The first-order chi connectivity index (χ1) is 11.1. The lowest BCUT2D eigenvalue weighted by molar-refractivity contribution is -0.129. The Balaban J connectivity index is 3.81. The largest absolute Gasteiger partial charge is 0.372 e. The number of carbonyl (C=O) groups excluding carboxylic acids is 1. The molecule has 0 heterocycles. The van der Waals surface area contributed by atoms with Crippen molar-refractivity contribution in [2.24, 2.45) is 0 Å². The minimum Gasteiger partial charge on any atom is -0.345 e. The second kappa shape index (κ2) is 11.8. The van der Waals surface area contributed by atoms with Crippen LogP contribution in [0.15, 0.2) is 0 Å². The molecule has 0 unspecified atom stereocenters. The third kappa shape index (κ3) is 10.2. The van der Waals surface area contributed by atoms with Gasteiger partial charge in [0.2, 0.25) is 5.91 Å². The van der Waals surface area contributed by atoms with E-state index in [0.29, 0.717) is 6.42 Å². The molecule has 0 aliphatic rings. The summed E-state index contributed by atoms with van der Waals surface area (Å²) in [6.45, 7) is 1.94. The normalized spacial score (nSPS) is 12.3. The van der Waals surface area contributed by atoms with Crippen molar-refractivity contribution in [2.45, 2.75) is 71.1 Å². The van der Waals surface area contributed by atoms with Gasteiger partial charge in [0.25, 0.3) is 8.87 Å². The average molecular weight is 386 g/mol. The van der Waals surface area contributed by atoms with Crippen LogP contribution in [0.3, 0.4) is 0 Å². The van der Waals surface area contributed by atoms with Gasteiger partial charge in [-0.25, -0.2) is 8.42 Å². The van der Waals surface area contributed by atoms with Crippen molar-refractivity contribution in [3.63, 3.8) is 0 Å². The zero-order chi connectivity index (χ0) is 18.6. The number of amides is 1. The molecule has 144 valence electrons. The van der Waals surface area contributed by atoms with Gasteiger partial charge in [-0.2, -0.15) is 8.42 Å². The maximum atomic E-state index is 11.8. The highest BCUT2D eigenvalue weighted by Gasteiger charge is 2.27. The number of hydrogen-bond acceptors (Lipinski definition) is 5. The van der Waals surface area contributed by atoms with Gasteiger partial charge < -0.3 is 4.90 Å². The van der Waals surface area contributed by atoms with Gasteiger partial charge >= 0.3 is 9.15 Å². The molecule has 0 aromatic carbocycles. The highest BCUT2D eigenvalue weighted by Crippen LogP contribution is 2.11. The van der Waals surface area contributed by atoms with E-state index in [-0.39, 0.29) is 12.5 Å². The molecule has 0 aliphatic heterocycles. The summed E-state index contributed by atoms with van der Waals surface area (Å²) in [4.78, 5) is 13.0. The average Bonchev–Trinajstić information content (AvgIpc) is 2.49. The predicted octanol–water partition coefficient (Wildman–Crippen LogP) is 2.58. The second-order valence-corrected chi connectivity index (χ2v) is 11.2. The molecule has 0 spiro atoms. The summed E-state index contributed by atoms with van der Waals surface area (Å²) >= 11 is 0. The Morgan fingerprint density at radius 1 is 0.875 bits per heavy atom. The molecule has 24 heavy (non-hydrogen) atoms. The number of rotatable bonds is 14. The molecule has 0 aromatic heterocycles. The Morgan fingerprint density at radius 2 is 1.33 bits per heavy atom. The Labute approximate surface area is 145 Å². The summed E-state index contributed by atoms with van der Waals surface area (Å²) < 4.78 is 52.3. The molecule has 1 N–H and O–H groups in total. The van der Waals surface area contributed by atoms with Crippen LogP contribution in [-0.2, 0) is 22.8 Å². The quantitative estimate of drug-likeness (QED) is 0.280. The molecule has 0 saturated heterocycles. The van der Waals surface area contributed by atoms with Crippen LogP contribution in [0.2, 0.25) is 0 Å². The van der Waals surface area contributed by atoms with E-state index in [9.17, 15) is 21.6 Å². The van der Waals surface area contributed by atoms with Gasteiger partial charge in [-0.05, 0) is 6.42 Å². The SMILES string of the molecule is CCCCCCCCCCCC(=O)N(C)CCS(=O)(=O)S(=O)(=O)O. The van der Waals surface area contributed by atoms with Crippen LogP contribution in [-0.4, -0.2) is 51.5 Å². The summed E-state index contributed by atoms with van der Waals surface area (Å²) in [5.41, 5.74) is 0. The van der Waals surface area contributed by atoms with Crippen LogP contribution in [0.5, 0.6) is 0 Å². The van der Waals surface area contributed by atoms with Gasteiger partial charge in [0, 0.05) is 20.0 Å². The number of unbranched alkanes of at least 4 members (excludes halogenated alkanes) is 8. The van der Waals surface area contributed by atoms with Gasteiger partial charge in [-0.15, -0.1) is 0 Å². The van der Waals surface area contributed by atoms with Gasteiger partial charge in [0.05, 0.1) is 5.75 Å².